The smallest absolute Gasteiger partial charge is 0.326 e. The first-order chi connectivity index (χ1) is 25.9. The maximum absolute atomic E-state index is 12.8. The average molecular weight is 747 g/mol. The summed E-state index contributed by atoms with van der Waals surface area (Å²) in [6.45, 7) is 4.94. The van der Waals surface area contributed by atoms with Crippen LogP contribution in [0.1, 0.15) is 232 Å². The van der Waals surface area contributed by atoms with Crippen LogP contribution in [0.4, 0.5) is 0 Å². The second kappa shape index (κ2) is 41.0. The number of aliphatic carboxylic acids is 1. The van der Waals surface area contributed by atoms with E-state index < -0.39 is 12.0 Å². The van der Waals surface area contributed by atoms with Crippen LogP contribution in [-0.2, 0) is 19.1 Å². The highest BCUT2D eigenvalue weighted by Crippen LogP contribution is 2.19. The monoisotopic (exact) mass is 747 g/mol. The van der Waals surface area contributed by atoms with Crippen molar-refractivity contribution in [1.29, 1.82) is 0 Å². The Morgan fingerprint density at radius 2 is 0.981 bits per heavy atom. The van der Waals surface area contributed by atoms with Gasteiger partial charge >= 0.3 is 11.9 Å². The number of nitrogens with two attached hydrogens (primary N) is 1. The molecule has 53 heavy (non-hydrogen) atoms. The second-order valence-corrected chi connectivity index (χ2v) is 15.5. The summed E-state index contributed by atoms with van der Waals surface area (Å²) in [6.07, 6.45) is 46.5. The van der Waals surface area contributed by atoms with Crippen molar-refractivity contribution in [2.24, 2.45) is 5.73 Å². The Labute approximate surface area is 327 Å². The van der Waals surface area contributed by atoms with Crippen LogP contribution in [0.5, 0.6) is 0 Å². The molecule has 0 rings (SSSR count). The molecular formula is C46H86N2O5. The fraction of sp³-hybridized carbons (Fsp3) is 0.848. The largest absolute Gasteiger partial charge is 0.480 e. The molecule has 0 bridgehead atoms. The topological polar surface area (TPSA) is 119 Å². The minimum Gasteiger partial charge on any atom is -0.480 e. The summed E-state index contributed by atoms with van der Waals surface area (Å²) in [5, 5.41) is 11.9. The van der Waals surface area contributed by atoms with E-state index in [-0.39, 0.29) is 18.0 Å². The molecule has 7 heteroatoms. The third kappa shape index (κ3) is 37.9. The minimum absolute atomic E-state index is 0.0102. The third-order valence-electron chi connectivity index (χ3n) is 10.3. The lowest BCUT2D eigenvalue weighted by atomic mass is 10.0. The molecule has 2 unspecified atom stereocenters. The molecule has 2 atom stereocenters. The van der Waals surface area contributed by atoms with Gasteiger partial charge < -0.3 is 20.9 Å². The Morgan fingerprint density at radius 1 is 0.547 bits per heavy atom. The van der Waals surface area contributed by atoms with Gasteiger partial charge in [-0.1, -0.05) is 160 Å². The van der Waals surface area contributed by atoms with E-state index in [4.69, 9.17) is 10.5 Å². The molecule has 4 N–H and O–H groups in total. The van der Waals surface area contributed by atoms with Crippen molar-refractivity contribution >= 4 is 17.8 Å². The standard InChI is InChI=1S/C46H86N2O5/c1-3-5-7-9-11-13-15-16-17-18-19-21-23-25-30-34-40-45(50)53-42(36-31-27-24-22-20-14-12-10-8-6-4-2)37-32-28-26-29-33-39-44(49)48-43(46(51)52)38-35-41-47/h13,15,17-18,42-43H,3-12,14,16,19-41,47H2,1-2H3,(H,48,49)(H,51,52)/b15-13-,18-17-. The van der Waals surface area contributed by atoms with Crippen LogP contribution in [0, 0.1) is 0 Å². The molecule has 0 radical (unpaired) electrons. The van der Waals surface area contributed by atoms with E-state index in [0.29, 0.717) is 32.2 Å². The summed E-state index contributed by atoms with van der Waals surface area (Å²) < 4.78 is 6.05. The molecule has 310 valence electrons. The average Bonchev–Trinajstić information content (AvgIpc) is 3.14. The van der Waals surface area contributed by atoms with Gasteiger partial charge in [-0.2, -0.15) is 0 Å². The molecule has 0 saturated heterocycles. The number of esters is 1. The summed E-state index contributed by atoms with van der Waals surface area (Å²) in [7, 11) is 0. The van der Waals surface area contributed by atoms with Crippen LogP contribution in [0.2, 0.25) is 0 Å². The summed E-state index contributed by atoms with van der Waals surface area (Å²) in [6, 6.07) is -0.856. The zero-order valence-electron chi connectivity index (χ0n) is 34.9. The molecule has 0 aromatic heterocycles. The molecule has 0 aliphatic heterocycles. The summed E-state index contributed by atoms with van der Waals surface area (Å²) in [5.41, 5.74) is 5.49. The number of carboxylic acids is 1. The fourth-order valence-corrected chi connectivity index (χ4v) is 6.83. The number of carbonyl (C=O) groups is 3. The van der Waals surface area contributed by atoms with Crippen molar-refractivity contribution in [3.8, 4) is 0 Å². The van der Waals surface area contributed by atoms with Gasteiger partial charge in [0.05, 0.1) is 0 Å². The molecule has 7 nitrogen and oxygen atoms in total. The lowest BCUT2D eigenvalue weighted by Gasteiger charge is -2.18. The van der Waals surface area contributed by atoms with Crippen LogP contribution in [0.3, 0.4) is 0 Å². The molecule has 0 heterocycles. The molecule has 0 aliphatic carbocycles. The molecular weight excluding hydrogens is 661 g/mol. The van der Waals surface area contributed by atoms with E-state index >= 15 is 0 Å². The van der Waals surface area contributed by atoms with Gasteiger partial charge in [-0.05, 0) is 90.0 Å². The maximum Gasteiger partial charge on any atom is 0.326 e. The highest BCUT2D eigenvalue weighted by molar-refractivity contribution is 5.83. The first kappa shape index (κ1) is 50.9. The van der Waals surface area contributed by atoms with E-state index in [1.165, 1.54) is 116 Å². The number of rotatable bonds is 41. The van der Waals surface area contributed by atoms with Gasteiger partial charge in [0.25, 0.3) is 0 Å². The third-order valence-corrected chi connectivity index (χ3v) is 10.3. The number of ether oxygens (including phenoxy) is 1. The Bertz CT molecular complexity index is 889. The minimum atomic E-state index is -1.00. The van der Waals surface area contributed by atoms with Crippen LogP contribution in [0.25, 0.3) is 0 Å². The lowest BCUT2D eigenvalue weighted by Crippen LogP contribution is -2.40. The highest BCUT2D eigenvalue weighted by Gasteiger charge is 2.19. The Kier molecular flexibility index (Phi) is 39.4. The van der Waals surface area contributed by atoms with Crippen LogP contribution < -0.4 is 11.1 Å². The number of allylic oxidation sites excluding steroid dienone is 4. The lowest BCUT2D eigenvalue weighted by molar-refractivity contribution is -0.150. The Balaban J connectivity index is 4.30. The first-order valence-corrected chi connectivity index (χ1v) is 22.7. The number of amides is 1. The van der Waals surface area contributed by atoms with Gasteiger partial charge in [0.2, 0.25) is 5.91 Å². The summed E-state index contributed by atoms with van der Waals surface area (Å²) >= 11 is 0. The zero-order chi connectivity index (χ0) is 38.9. The predicted molar refractivity (Wildman–Crippen MR) is 225 cm³/mol. The van der Waals surface area contributed by atoms with Crippen LogP contribution in [0.15, 0.2) is 24.3 Å². The van der Waals surface area contributed by atoms with E-state index in [1.54, 1.807) is 0 Å². The quantitative estimate of drug-likeness (QED) is 0.0325. The van der Waals surface area contributed by atoms with Crippen molar-refractivity contribution in [2.45, 2.75) is 244 Å². The zero-order valence-corrected chi connectivity index (χ0v) is 34.9. The molecule has 0 fully saturated rings. The van der Waals surface area contributed by atoms with Crippen molar-refractivity contribution in [2.75, 3.05) is 6.54 Å². The number of carbonyl (C=O) groups excluding carboxylic acids is 2. The Morgan fingerprint density at radius 3 is 1.47 bits per heavy atom. The molecule has 0 aliphatic rings. The van der Waals surface area contributed by atoms with E-state index in [9.17, 15) is 19.5 Å². The van der Waals surface area contributed by atoms with E-state index in [2.05, 4.69) is 43.5 Å². The van der Waals surface area contributed by atoms with Gasteiger partial charge in [-0.25, -0.2) is 4.79 Å². The van der Waals surface area contributed by atoms with Crippen LogP contribution >= 0.6 is 0 Å². The van der Waals surface area contributed by atoms with Crippen molar-refractivity contribution in [3.05, 3.63) is 24.3 Å². The number of nitrogens with one attached hydrogen (secondary N) is 1. The normalized spacial score (nSPS) is 12.8. The van der Waals surface area contributed by atoms with Crippen molar-refractivity contribution in [3.63, 3.8) is 0 Å². The van der Waals surface area contributed by atoms with Crippen molar-refractivity contribution < 1.29 is 24.2 Å². The van der Waals surface area contributed by atoms with Gasteiger partial charge in [0.1, 0.15) is 12.1 Å². The van der Waals surface area contributed by atoms with E-state index in [0.717, 1.165) is 77.0 Å². The van der Waals surface area contributed by atoms with Gasteiger partial charge in [0.15, 0.2) is 0 Å². The summed E-state index contributed by atoms with van der Waals surface area (Å²) in [5.74, 6) is -1.24. The SMILES string of the molecule is CCCCCC/C=C\C/C=C\CCCCCCCC(=O)OC(CCCCCCCCCCCCC)CCCCCCCC(=O)NC(CCCN)C(=O)O. The van der Waals surface area contributed by atoms with Gasteiger partial charge in [-0.3, -0.25) is 9.59 Å². The summed E-state index contributed by atoms with van der Waals surface area (Å²) in [4.78, 5) is 36.4. The molecule has 0 saturated carbocycles. The van der Waals surface area contributed by atoms with E-state index in [1.807, 2.05) is 0 Å². The number of hydrogen-bond donors (Lipinski definition) is 3. The molecule has 0 spiro atoms. The van der Waals surface area contributed by atoms with Gasteiger partial charge in [-0.15, -0.1) is 0 Å². The number of hydrogen-bond acceptors (Lipinski definition) is 5. The molecule has 1 amide bonds. The Hall–Kier alpha value is -2.15. The molecule has 0 aromatic rings. The fourth-order valence-electron chi connectivity index (χ4n) is 6.83. The maximum atomic E-state index is 12.8. The van der Waals surface area contributed by atoms with Gasteiger partial charge in [0, 0.05) is 12.8 Å². The first-order valence-electron chi connectivity index (χ1n) is 22.7. The highest BCUT2D eigenvalue weighted by atomic mass is 16.5. The number of unbranched alkanes of at least 4 members (excludes halogenated alkanes) is 23. The molecule has 0 aromatic carbocycles. The number of carboxylic acid groups (broad SMARTS) is 1. The van der Waals surface area contributed by atoms with Crippen molar-refractivity contribution in [1.82, 2.24) is 5.32 Å². The second-order valence-electron chi connectivity index (χ2n) is 15.5. The predicted octanol–water partition coefficient (Wildman–Crippen LogP) is 12.8. The van der Waals surface area contributed by atoms with Crippen LogP contribution in [-0.4, -0.2) is 41.6 Å².